The number of rotatable bonds is 10. The zero-order chi connectivity index (χ0) is 30.8. The second kappa shape index (κ2) is 12.2. The molecule has 0 spiro atoms. The van der Waals surface area contributed by atoms with Gasteiger partial charge in [0, 0.05) is 47.5 Å². The highest BCUT2D eigenvalue weighted by Gasteiger charge is 2.16. The molecular weight excluding hydrogens is 567 g/mol. The summed E-state index contributed by atoms with van der Waals surface area (Å²) < 4.78 is 20.7. The Kier molecular flexibility index (Phi) is 7.62. The Hall–Kier alpha value is -5.61. The molecule has 3 N–H and O–H groups in total. The molecule has 2 aromatic carbocycles. The maximum Gasteiger partial charge on any atom is 0.138 e. The van der Waals surface area contributed by atoms with Gasteiger partial charge in [0.1, 0.15) is 29.5 Å². The quantitative estimate of drug-likeness (QED) is 0.157. The van der Waals surface area contributed by atoms with Gasteiger partial charge in [-0.3, -0.25) is 15.1 Å². The summed E-state index contributed by atoms with van der Waals surface area (Å²) in [5.41, 5.74) is 8.02. The number of aromatic nitrogens is 6. The molecule has 0 bridgehead atoms. The Morgan fingerprint density at radius 2 is 1.78 bits per heavy atom. The molecule has 0 atom stereocenters. The normalized spacial score (nSPS) is 11.5. The Morgan fingerprint density at radius 3 is 2.64 bits per heavy atom. The van der Waals surface area contributed by atoms with Crippen LogP contribution in [0.25, 0.3) is 55.7 Å². The van der Waals surface area contributed by atoms with Crippen molar-refractivity contribution in [3.8, 4) is 39.5 Å². The van der Waals surface area contributed by atoms with Crippen LogP contribution in [-0.2, 0) is 6.61 Å². The first-order chi connectivity index (χ1) is 22.0. The number of halogens is 1. The van der Waals surface area contributed by atoms with Crippen molar-refractivity contribution < 1.29 is 9.13 Å². The van der Waals surface area contributed by atoms with E-state index in [0.29, 0.717) is 24.5 Å². The van der Waals surface area contributed by atoms with Crippen molar-refractivity contribution in [3.63, 3.8) is 0 Å². The lowest BCUT2D eigenvalue weighted by atomic mass is 10.0. The zero-order valence-electron chi connectivity index (χ0n) is 24.9. The van der Waals surface area contributed by atoms with Gasteiger partial charge in [-0.05, 0) is 73.3 Å². The number of benzene rings is 2. The van der Waals surface area contributed by atoms with Crippen LogP contribution in [0.3, 0.4) is 0 Å². The molecule has 0 aliphatic carbocycles. The Morgan fingerprint density at radius 1 is 0.889 bits per heavy atom. The number of anilines is 1. The van der Waals surface area contributed by atoms with E-state index in [1.807, 2.05) is 74.8 Å². The topological polar surface area (TPSA) is 108 Å². The number of aromatic amines is 2. The van der Waals surface area contributed by atoms with Gasteiger partial charge in [-0.15, -0.1) is 0 Å². The number of pyridine rings is 3. The largest absolute Gasteiger partial charge is 0.487 e. The molecule has 10 heteroatoms. The first-order valence-corrected chi connectivity index (χ1v) is 14.6. The summed E-state index contributed by atoms with van der Waals surface area (Å²) in [6.45, 7) is 2.00. The fourth-order valence-corrected chi connectivity index (χ4v) is 5.34. The maximum atomic E-state index is 14.7. The lowest BCUT2D eigenvalue weighted by molar-refractivity contribution is 0.305. The van der Waals surface area contributed by atoms with Gasteiger partial charge < -0.3 is 19.9 Å². The van der Waals surface area contributed by atoms with Gasteiger partial charge in [0.15, 0.2) is 0 Å². The number of H-pyrrole nitrogens is 2. The average molecular weight is 599 g/mol. The third-order valence-electron chi connectivity index (χ3n) is 7.59. The highest BCUT2D eigenvalue weighted by molar-refractivity contribution is 6.00. The number of hydrogen-bond acceptors (Lipinski definition) is 7. The molecule has 7 aromatic rings. The minimum atomic E-state index is -0.303. The summed E-state index contributed by atoms with van der Waals surface area (Å²) in [7, 11) is 4.02. The first-order valence-electron chi connectivity index (χ1n) is 14.6. The first kappa shape index (κ1) is 28.2. The van der Waals surface area contributed by atoms with Gasteiger partial charge in [-0.2, -0.15) is 5.10 Å². The molecule has 5 heterocycles. The van der Waals surface area contributed by atoms with E-state index in [2.05, 4.69) is 40.3 Å². The fraction of sp³-hybridized carbons (Fsp3) is 0.143. The fourth-order valence-electron chi connectivity index (χ4n) is 5.34. The predicted molar refractivity (Wildman–Crippen MR) is 175 cm³/mol. The molecule has 0 fully saturated rings. The van der Waals surface area contributed by atoms with E-state index in [-0.39, 0.29) is 5.82 Å². The number of ether oxygens (including phenoxy) is 1. The van der Waals surface area contributed by atoms with E-state index in [9.17, 15) is 4.39 Å². The molecule has 0 amide bonds. The van der Waals surface area contributed by atoms with Crippen LogP contribution in [0.1, 0.15) is 5.56 Å². The second-order valence-corrected chi connectivity index (χ2v) is 11.1. The molecule has 224 valence electrons. The van der Waals surface area contributed by atoms with Gasteiger partial charge in [0.2, 0.25) is 0 Å². The number of fused-ring (bicyclic) bond motifs is 2. The van der Waals surface area contributed by atoms with Gasteiger partial charge >= 0.3 is 0 Å². The van der Waals surface area contributed by atoms with Crippen LogP contribution in [0, 0.1) is 5.82 Å². The molecule has 0 unspecified atom stereocenters. The van der Waals surface area contributed by atoms with E-state index in [0.717, 1.165) is 67.9 Å². The molecule has 45 heavy (non-hydrogen) atoms. The van der Waals surface area contributed by atoms with Crippen LogP contribution < -0.4 is 10.1 Å². The van der Waals surface area contributed by atoms with Crippen LogP contribution in [0.2, 0.25) is 0 Å². The molecule has 7 rings (SSSR count). The maximum absolute atomic E-state index is 14.7. The monoisotopic (exact) mass is 598 g/mol. The Labute approximate surface area is 259 Å². The lowest BCUT2D eigenvalue weighted by Crippen LogP contribution is -2.20. The highest BCUT2D eigenvalue weighted by atomic mass is 19.1. The SMILES string of the molecule is CN(C)CCNc1cc(F)cc(-c2ccnc3[nH]c(-c4n[nH]c5cnc(-c6cncc(OCc7ccccc7)c6)cc45)cc23)c1. The van der Waals surface area contributed by atoms with Gasteiger partial charge in [0.25, 0.3) is 0 Å². The molecule has 0 aliphatic rings. The summed E-state index contributed by atoms with van der Waals surface area (Å²) in [4.78, 5) is 19.1. The predicted octanol–water partition coefficient (Wildman–Crippen LogP) is 6.92. The minimum absolute atomic E-state index is 0.303. The molecule has 0 saturated heterocycles. The number of nitrogens with one attached hydrogen (secondary N) is 3. The summed E-state index contributed by atoms with van der Waals surface area (Å²) in [6.07, 6.45) is 6.96. The summed E-state index contributed by atoms with van der Waals surface area (Å²) in [6, 6.07) is 22.9. The third-order valence-corrected chi connectivity index (χ3v) is 7.59. The summed E-state index contributed by atoms with van der Waals surface area (Å²) in [5, 5.41) is 12.8. The number of nitrogens with zero attached hydrogens (tertiary/aromatic N) is 5. The molecular formula is C35H31FN8O. The second-order valence-electron chi connectivity index (χ2n) is 11.1. The van der Waals surface area contributed by atoms with E-state index in [4.69, 9.17) is 4.74 Å². The van der Waals surface area contributed by atoms with Crippen LogP contribution in [0.15, 0.2) is 97.6 Å². The van der Waals surface area contributed by atoms with Crippen LogP contribution >= 0.6 is 0 Å². The van der Waals surface area contributed by atoms with E-state index >= 15 is 0 Å². The van der Waals surface area contributed by atoms with Crippen molar-refractivity contribution >= 4 is 27.6 Å². The van der Waals surface area contributed by atoms with Crippen molar-refractivity contribution in [1.29, 1.82) is 0 Å². The van der Waals surface area contributed by atoms with E-state index in [1.165, 1.54) is 6.07 Å². The number of hydrogen-bond donors (Lipinski definition) is 3. The van der Waals surface area contributed by atoms with Crippen LogP contribution in [-0.4, -0.2) is 62.2 Å². The highest BCUT2D eigenvalue weighted by Crippen LogP contribution is 2.35. The minimum Gasteiger partial charge on any atom is -0.487 e. The molecule has 0 radical (unpaired) electrons. The number of likely N-dealkylation sites (N-methyl/N-ethyl adjacent to an activating group) is 1. The van der Waals surface area contributed by atoms with Crippen LogP contribution in [0.5, 0.6) is 5.75 Å². The molecule has 0 aliphatic heterocycles. The van der Waals surface area contributed by atoms with Crippen molar-refractivity contribution in [2.45, 2.75) is 6.61 Å². The lowest BCUT2D eigenvalue weighted by Gasteiger charge is -2.13. The van der Waals surface area contributed by atoms with Crippen LogP contribution in [0.4, 0.5) is 10.1 Å². The molecule has 9 nitrogen and oxygen atoms in total. The van der Waals surface area contributed by atoms with Crippen molar-refractivity contribution in [2.24, 2.45) is 0 Å². The summed E-state index contributed by atoms with van der Waals surface area (Å²) in [5.74, 6) is 0.358. The standard InChI is InChI=1S/C35H31FN8O/c1-44(2)11-10-38-26-13-23(12-25(36)15-26)28-8-9-39-35-29(28)16-32(41-35)34-30-17-31(40-20-33(30)42-43-34)24-14-27(19-37-18-24)45-21-22-6-4-3-5-7-22/h3-9,12-20,38H,10-11,21H2,1-2H3,(H,39,41)(H,42,43). The van der Waals surface area contributed by atoms with Crippen molar-refractivity contribution in [1.82, 2.24) is 35.0 Å². The van der Waals surface area contributed by atoms with Crippen molar-refractivity contribution in [2.75, 3.05) is 32.5 Å². The third kappa shape index (κ3) is 6.09. The molecule has 5 aromatic heterocycles. The Bertz CT molecular complexity index is 2100. The molecule has 0 saturated carbocycles. The van der Waals surface area contributed by atoms with Gasteiger partial charge in [-0.1, -0.05) is 30.3 Å². The van der Waals surface area contributed by atoms with Crippen molar-refractivity contribution in [3.05, 3.63) is 109 Å². The van der Waals surface area contributed by atoms with Gasteiger partial charge in [0.05, 0.1) is 29.3 Å². The van der Waals surface area contributed by atoms with E-state index < -0.39 is 0 Å². The van der Waals surface area contributed by atoms with E-state index in [1.54, 1.807) is 30.9 Å². The average Bonchev–Trinajstić information content (AvgIpc) is 3.68. The Balaban J connectivity index is 1.20. The van der Waals surface area contributed by atoms with Gasteiger partial charge in [-0.25, -0.2) is 9.37 Å². The zero-order valence-corrected chi connectivity index (χ0v) is 24.9. The summed E-state index contributed by atoms with van der Waals surface area (Å²) >= 11 is 0. The smallest absolute Gasteiger partial charge is 0.138 e.